The van der Waals surface area contributed by atoms with E-state index in [0.29, 0.717) is 0 Å². The van der Waals surface area contributed by atoms with Gasteiger partial charge in [0.2, 0.25) is 0 Å². The third-order valence-corrected chi connectivity index (χ3v) is 13.4. The quantitative estimate of drug-likeness (QED) is 0.0498. The maximum atomic E-state index is 12.7. The molecule has 1 N–H and O–H groups in total. The van der Waals surface area contributed by atoms with Crippen LogP contribution >= 0.6 is 0 Å². The highest BCUT2D eigenvalue weighted by Gasteiger charge is 2.55. The van der Waals surface area contributed by atoms with Crippen molar-refractivity contribution in [3.63, 3.8) is 0 Å². The SMILES string of the molecule is CC(O[C@H]1[C@H](OCc2ccccc2)[C@@H](OCc2ccccc2)[C@H](O[C@H]2[C@H](OCc3ccccc3)[C@@H](OCc3ccccc3)[C@H](OCc3ccccc3)O[C@@H]2COCc2ccccc2)O[C@@H]1COCc1ccccc1)C(=O)O. The van der Waals surface area contributed by atoms with Crippen LogP contribution in [0.15, 0.2) is 212 Å². The van der Waals surface area contributed by atoms with Gasteiger partial charge in [-0.2, -0.15) is 0 Å². The average molecular weight is 1050 g/mol. The van der Waals surface area contributed by atoms with Crippen LogP contribution in [0.5, 0.6) is 0 Å². The third kappa shape index (κ3) is 16.5. The maximum Gasteiger partial charge on any atom is 0.332 e. The minimum absolute atomic E-state index is 0.0285. The van der Waals surface area contributed by atoms with Gasteiger partial charge in [0.15, 0.2) is 18.7 Å². The van der Waals surface area contributed by atoms with E-state index in [0.717, 1.165) is 38.9 Å². The summed E-state index contributed by atoms with van der Waals surface area (Å²) in [4.78, 5) is 12.7. The molecule has 7 aromatic rings. The van der Waals surface area contributed by atoms with Crippen LogP contribution in [0.2, 0.25) is 0 Å². The van der Waals surface area contributed by atoms with Crippen LogP contribution in [-0.4, -0.2) is 91.8 Å². The summed E-state index contributed by atoms with van der Waals surface area (Å²) in [7, 11) is 0. The molecule has 0 bridgehead atoms. The number of benzene rings is 7. The molecule has 1 unspecified atom stereocenters. The maximum absolute atomic E-state index is 12.7. The largest absolute Gasteiger partial charge is 0.479 e. The van der Waals surface area contributed by atoms with Gasteiger partial charge < -0.3 is 57.2 Å². The van der Waals surface area contributed by atoms with Crippen molar-refractivity contribution in [2.45, 2.75) is 121 Å². The molecule has 9 rings (SSSR count). The van der Waals surface area contributed by atoms with Crippen molar-refractivity contribution in [1.29, 1.82) is 0 Å². The van der Waals surface area contributed by atoms with Crippen LogP contribution in [0.3, 0.4) is 0 Å². The summed E-state index contributed by atoms with van der Waals surface area (Å²) in [6.45, 7) is 2.88. The fourth-order valence-electron chi connectivity index (χ4n) is 9.33. The zero-order valence-corrected chi connectivity index (χ0v) is 43.3. The van der Waals surface area contributed by atoms with E-state index in [2.05, 4.69) is 0 Å². The standard InChI is InChI=1S/C64H68O13/c1-46(62(65)66)74-56-54(44-67-37-47-23-9-2-10-24-47)76-64(61(72-42-52-33-19-7-20-34-52)58(56)69-39-49-27-13-4-14-28-49)77-57-55(45-68-38-48-25-11-3-12-26-48)75-63(73-43-53-35-21-8-22-36-53)60(71-41-51-31-17-6-18-32-51)59(57)70-40-50-29-15-5-16-30-50/h2-36,46,54-61,63-64H,37-45H2,1H3,(H,65,66)/t46?,54-,55-,56-,57-,58+,59+,60-,61-,63-,64+/m1/s1. The molecule has 0 saturated carbocycles. The molecule has 0 radical (unpaired) electrons. The molecule has 2 saturated heterocycles. The molecule has 11 atom stereocenters. The molecule has 402 valence electrons. The molecule has 2 fully saturated rings. The van der Waals surface area contributed by atoms with Crippen molar-refractivity contribution in [1.82, 2.24) is 0 Å². The summed E-state index contributed by atoms with van der Waals surface area (Å²) in [6.07, 6.45) is -11.1. The van der Waals surface area contributed by atoms with Crippen molar-refractivity contribution >= 4 is 5.97 Å². The molecule has 7 aromatic carbocycles. The summed E-state index contributed by atoms with van der Waals surface area (Å²) in [5, 5.41) is 10.3. The Labute approximate surface area is 451 Å². The average Bonchev–Trinajstić information content (AvgIpc) is 3.54. The first-order valence-electron chi connectivity index (χ1n) is 26.3. The van der Waals surface area contributed by atoms with E-state index in [-0.39, 0.29) is 59.5 Å². The number of carboxylic acid groups (broad SMARTS) is 1. The predicted octanol–water partition coefficient (Wildman–Crippen LogP) is 10.7. The summed E-state index contributed by atoms with van der Waals surface area (Å²) >= 11 is 0. The van der Waals surface area contributed by atoms with Gasteiger partial charge in [-0.15, -0.1) is 0 Å². The number of aliphatic carboxylic acids is 1. The Morgan fingerprint density at radius 2 is 0.662 bits per heavy atom. The summed E-state index contributed by atoms with van der Waals surface area (Å²) in [6, 6.07) is 68.9. The molecular weight excluding hydrogens is 977 g/mol. The summed E-state index contributed by atoms with van der Waals surface area (Å²) < 4.78 is 76.0. The van der Waals surface area contributed by atoms with Crippen LogP contribution in [0.25, 0.3) is 0 Å². The second kappa shape index (κ2) is 29.4. The Morgan fingerprint density at radius 3 is 1.03 bits per heavy atom. The van der Waals surface area contributed by atoms with Gasteiger partial charge in [-0.1, -0.05) is 212 Å². The second-order valence-electron chi connectivity index (χ2n) is 19.1. The van der Waals surface area contributed by atoms with E-state index < -0.39 is 73.5 Å². The lowest BCUT2D eigenvalue weighted by molar-refractivity contribution is -0.379. The highest BCUT2D eigenvalue weighted by molar-refractivity contribution is 5.71. The predicted molar refractivity (Wildman–Crippen MR) is 288 cm³/mol. The van der Waals surface area contributed by atoms with E-state index in [9.17, 15) is 9.90 Å². The Kier molecular flexibility index (Phi) is 21.1. The normalized spacial score (nSPS) is 23.8. The van der Waals surface area contributed by atoms with Crippen molar-refractivity contribution in [2.24, 2.45) is 0 Å². The number of carbonyl (C=O) groups is 1. The molecule has 0 aliphatic carbocycles. The summed E-state index contributed by atoms with van der Waals surface area (Å²) in [5.74, 6) is -1.16. The highest BCUT2D eigenvalue weighted by atomic mass is 16.8. The Morgan fingerprint density at radius 1 is 0.377 bits per heavy atom. The van der Waals surface area contributed by atoms with Crippen molar-refractivity contribution in [2.75, 3.05) is 13.2 Å². The first-order chi connectivity index (χ1) is 37.9. The number of rotatable bonds is 28. The molecule has 13 heteroatoms. The van der Waals surface area contributed by atoms with Crippen LogP contribution < -0.4 is 0 Å². The monoisotopic (exact) mass is 1040 g/mol. The Hall–Kier alpha value is -6.43. The number of carboxylic acids is 1. The molecular formula is C64H68O13. The zero-order valence-electron chi connectivity index (χ0n) is 43.3. The molecule has 2 aliphatic rings. The van der Waals surface area contributed by atoms with Gasteiger partial charge in [0, 0.05) is 0 Å². The second-order valence-corrected chi connectivity index (χ2v) is 19.1. The lowest BCUT2D eigenvalue weighted by Gasteiger charge is -2.50. The number of hydrogen-bond acceptors (Lipinski definition) is 12. The topological polar surface area (TPSA) is 139 Å². The van der Waals surface area contributed by atoms with Crippen LogP contribution in [0, 0.1) is 0 Å². The van der Waals surface area contributed by atoms with Crippen LogP contribution in [0.4, 0.5) is 0 Å². The molecule has 0 aromatic heterocycles. The fourth-order valence-corrected chi connectivity index (χ4v) is 9.33. The lowest BCUT2D eigenvalue weighted by atomic mass is 9.95. The van der Waals surface area contributed by atoms with Gasteiger partial charge in [0.25, 0.3) is 0 Å². The van der Waals surface area contributed by atoms with E-state index >= 15 is 0 Å². The van der Waals surface area contributed by atoms with Gasteiger partial charge in [0.1, 0.15) is 48.8 Å². The zero-order chi connectivity index (χ0) is 52.9. The molecule has 77 heavy (non-hydrogen) atoms. The smallest absolute Gasteiger partial charge is 0.332 e. The number of ether oxygens (including phenoxy) is 11. The lowest BCUT2D eigenvalue weighted by Crippen LogP contribution is -2.66. The van der Waals surface area contributed by atoms with Gasteiger partial charge in [-0.25, -0.2) is 4.79 Å². The van der Waals surface area contributed by atoms with Gasteiger partial charge in [-0.05, 0) is 45.9 Å². The van der Waals surface area contributed by atoms with Gasteiger partial charge in [-0.3, -0.25) is 0 Å². The van der Waals surface area contributed by atoms with Crippen molar-refractivity contribution in [3.8, 4) is 0 Å². The van der Waals surface area contributed by atoms with Gasteiger partial charge in [0.05, 0.1) is 59.5 Å². The molecule has 0 spiro atoms. The molecule has 2 aliphatic heterocycles. The first-order valence-corrected chi connectivity index (χ1v) is 26.3. The van der Waals surface area contributed by atoms with Crippen molar-refractivity contribution < 1.29 is 62.0 Å². The minimum atomic E-state index is -1.26. The third-order valence-electron chi connectivity index (χ3n) is 13.4. The molecule has 2 heterocycles. The fraction of sp³-hybridized carbons (Fsp3) is 0.328. The van der Waals surface area contributed by atoms with E-state index in [1.807, 2.05) is 212 Å². The van der Waals surface area contributed by atoms with E-state index in [4.69, 9.17) is 52.1 Å². The van der Waals surface area contributed by atoms with E-state index in [1.54, 1.807) is 0 Å². The Bertz CT molecular complexity index is 2730. The Balaban J connectivity index is 1.13. The van der Waals surface area contributed by atoms with Crippen LogP contribution in [0.1, 0.15) is 45.9 Å². The van der Waals surface area contributed by atoms with Crippen LogP contribution in [-0.2, 0) is 103 Å². The molecule has 0 amide bonds. The number of hydrogen-bond donors (Lipinski definition) is 1. The highest BCUT2D eigenvalue weighted by Crippen LogP contribution is 2.37. The minimum Gasteiger partial charge on any atom is -0.479 e. The first kappa shape index (κ1) is 55.3. The van der Waals surface area contributed by atoms with E-state index in [1.165, 1.54) is 6.92 Å². The summed E-state index contributed by atoms with van der Waals surface area (Å²) in [5.41, 5.74) is 6.48. The van der Waals surface area contributed by atoms with Gasteiger partial charge >= 0.3 is 5.97 Å². The molecule has 13 nitrogen and oxygen atoms in total. The van der Waals surface area contributed by atoms with Crippen molar-refractivity contribution in [3.05, 3.63) is 251 Å².